The first-order valence-electron chi connectivity index (χ1n) is 3.36. The Kier molecular flexibility index (Phi) is 5.47. The number of esters is 1. The van der Waals surface area contributed by atoms with Gasteiger partial charge in [0, 0.05) is 11.6 Å². The number of hydrogen-bond donors (Lipinski definition) is 1. The molecule has 0 fully saturated rings. The maximum Gasteiger partial charge on any atom is 0.342 e. The molecular formula is C8H7BrO5. The second kappa shape index (κ2) is 6.09. The van der Waals surface area contributed by atoms with Gasteiger partial charge >= 0.3 is 11.9 Å². The summed E-state index contributed by atoms with van der Waals surface area (Å²) in [6.07, 6.45) is 2.24. The molecule has 14 heavy (non-hydrogen) atoms. The van der Waals surface area contributed by atoms with E-state index in [-0.39, 0.29) is 10.1 Å². The Balaban J connectivity index is 4.84. The van der Waals surface area contributed by atoms with Crippen LogP contribution in [0, 0.1) is 0 Å². The van der Waals surface area contributed by atoms with Crippen LogP contribution in [0.2, 0.25) is 0 Å². The molecule has 0 aliphatic heterocycles. The minimum Gasteiger partial charge on any atom is -0.477 e. The summed E-state index contributed by atoms with van der Waals surface area (Å²) in [5.74, 6) is -1.96. The van der Waals surface area contributed by atoms with Gasteiger partial charge in [0.2, 0.25) is 0 Å². The van der Waals surface area contributed by atoms with Gasteiger partial charge in [-0.3, -0.25) is 4.79 Å². The van der Waals surface area contributed by atoms with E-state index < -0.39 is 11.9 Å². The van der Waals surface area contributed by atoms with E-state index in [0.717, 1.165) is 19.3 Å². The van der Waals surface area contributed by atoms with Crippen molar-refractivity contribution in [1.82, 2.24) is 0 Å². The lowest BCUT2D eigenvalue weighted by Crippen LogP contribution is -1.99. The van der Waals surface area contributed by atoms with Crippen LogP contribution < -0.4 is 0 Å². The average Bonchev–Trinajstić information content (AvgIpc) is 2.16. The van der Waals surface area contributed by atoms with Crippen molar-refractivity contribution in [2.24, 2.45) is 0 Å². The summed E-state index contributed by atoms with van der Waals surface area (Å²) in [5.41, 5.74) is -0.0916. The van der Waals surface area contributed by atoms with E-state index in [0.29, 0.717) is 6.29 Å². The van der Waals surface area contributed by atoms with Crippen molar-refractivity contribution in [3.63, 3.8) is 0 Å². The fraction of sp³-hybridized carbons (Fsp3) is 0.125. The van der Waals surface area contributed by atoms with E-state index in [1.165, 1.54) is 0 Å². The molecule has 0 heterocycles. The monoisotopic (exact) mass is 262 g/mol. The molecule has 0 saturated heterocycles. The van der Waals surface area contributed by atoms with E-state index in [4.69, 9.17) is 5.11 Å². The second-order valence-corrected chi connectivity index (χ2v) is 2.94. The maximum absolute atomic E-state index is 10.7. The SMILES string of the molecule is COC(=O)/C=C(C=O)\C=C(\Br)C(=O)O. The highest BCUT2D eigenvalue weighted by atomic mass is 79.9. The van der Waals surface area contributed by atoms with Gasteiger partial charge in [-0.1, -0.05) is 0 Å². The molecule has 0 saturated carbocycles. The number of rotatable bonds is 4. The molecule has 76 valence electrons. The van der Waals surface area contributed by atoms with Crippen LogP contribution >= 0.6 is 15.9 Å². The van der Waals surface area contributed by atoms with Crippen molar-refractivity contribution in [1.29, 1.82) is 0 Å². The number of carbonyl (C=O) groups is 3. The van der Waals surface area contributed by atoms with Crippen LogP contribution in [0.3, 0.4) is 0 Å². The number of ether oxygens (including phenoxy) is 1. The molecule has 0 aromatic heterocycles. The highest BCUT2D eigenvalue weighted by Crippen LogP contribution is 2.08. The van der Waals surface area contributed by atoms with Crippen LogP contribution in [-0.4, -0.2) is 30.4 Å². The van der Waals surface area contributed by atoms with Crippen molar-refractivity contribution in [2.75, 3.05) is 7.11 Å². The largest absolute Gasteiger partial charge is 0.477 e. The lowest BCUT2D eigenvalue weighted by Gasteiger charge is -1.93. The van der Waals surface area contributed by atoms with Gasteiger partial charge in [-0.15, -0.1) is 0 Å². The Bertz CT molecular complexity index is 316. The third kappa shape index (κ3) is 4.56. The summed E-state index contributed by atoms with van der Waals surface area (Å²) in [6.45, 7) is 0. The zero-order chi connectivity index (χ0) is 11.1. The van der Waals surface area contributed by atoms with Gasteiger partial charge in [-0.25, -0.2) is 9.59 Å². The molecule has 1 N–H and O–H groups in total. The van der Waals surface area contributed by atoms with Gasteiger partial charge in [-0.2, -0.15) is 0 Å². The van der Waals surface area contributed by atoms with Crippen molar-refractivity contribution >= 4 is 34.2 Å². The summed E-state index contributed by atoms with van der Waals surface area (Å²) < 4.78 is 4.04. The Labute approximate surface area is 88.2 Å². The van der Waals surface area contributed by atoms with Crippen molar-refractivity contribution in [2.45, 2.75) is 0 Å². The summed E-state index contributed by atoms with van der Waals surface area (Å²) >= 11 is 2.71. The van der Waals surface area contributed by atoms with Crippen LogP contribution in [0.4, 0.5) is 0 Å². The summed E-state index contributed by atoms with van der Waals surface area (Å²) in [4.78, 5) is 31.4. The van der Waals surface area contributed by atoms with Gasteiger partial charge in [0.05, 0.1) is 7.11 Å². The maximum atomic E-state index is 10.7. The molecule has 0 aliphatic rings. The molecule has 0 radical (unpaired) electrons. The third-order valence-electron chi connectivity index (χ3n) is 1.12. The van der Waals surface area contributed by atoms with Gasteiger partial charge in [0.15, 0.2) is 0 Å². The molecular weight excluding hydrogens is 256 g/mol. The van der Waals surface area contributed by atoms with E-state index in [1.807, 2.05) is 0 Å². The third-order valence-corrected chi connectivity index (χ3v) is 1.69. The summed E-state index contributed by atoms with van der Waals surface area (Å²) in [7, 11) is 1.15. The number of halogens is 1. The minimum absolute atomic E-state index is 0.0916. The first kappa shape index (κ1) is 12.6. The number of hydrogen-bond acceptors (Lipinski definition) is 4. The number of aldehydes is 1. The van der Waals surface area contributed by atoms with E-state index >= 15 is 0 Å². The molecule has 0 bridgehead atoms. The van der Waals surface area contributed by atoms with Crippen LogP contribution in [0.15, 0.2) is 22.2 Å². The summed E-state index contributed by atoms with van der Waals surface area (Å²) in [6, 6.07) is 0. The smallest absolute Gasteiger partial charge is 0.342 e. The van der Waals surface area contributed by atoms with Crippen molar-refractivity contribution < 1.29 is 24.2 Å². The van der Waals surface area contributed by atoms with Crippen LogP contribution in [0.1, 0.15) is 0 Å². The highest BCUT2D eigenvalue weighted by Gasteiger charge is 2.04. The summed E-state index contributed by atoms with van der Waals surface area (Å²) in [5, 5.41) is 8.44. The van der Waals surface area contributed by atoms with Crippen molar-refractivity contribution in [3.05, 3.63) is 22.2 Å². The number of allylic oxidation sites excluding steroid dienone is 2. The standard InChI is InChI=1S/C8H7BrO5/c1-14-7(11)3-5(4-10)2-6(9)8(12)13/h2-4H,1H3,(H,12,13)/b5-3+,6-2+. The minimum atomic E-state index is -1.23. The fourth-order valence-corrected chi connectivity index (χ4v) is 0.777. The fourth-order valence-electron chi connectivity index (χ4n) is 0.513. The van der Waals surface area contributed by atoms with Gasteiger partial charge in [0.1, 0.15) is 10.8 Å². The van der Waals surface area contributed by atoms with E-state index in [9.17, 15) is 14.4 Å². The van der Waals surface area contributed by atoms with E-state index in [2.05, 4.69) is 20.7 Å². The molecule has 0 unspecified atom stereocenters. The molecule has 0 spiro atoms. The predicted octanol–water partition coefficient (Wildman–Crippen LogP) is 0.648. The number of aliphatic carboxylic acids is 1. The van der Waals surface area contributed by atoms with Crippen LogP contribution in [0.25, 0.3) is 0 Å². The lowest BCUT2D eigenvalue weighted by molar-refractivity contribution is -0.135. The van der Waals surface area contributed by atoms with E-state index in [1.54, 1.807) is 0 Å². The first-order valence-corrected chi connectivity index (χ1v) is 4.16. The molecule has 0 atom stereocenters. The molecule has 0 aliphatic carbocycles. The number of carboxylic acids is 1. The quantitative estimate of drug-likeness (QED) is 0.348. The lowest BCUT2D eigenvalue weighted by atomic mass is 10.2. The van der Waals surface area contributed by atoms with Gasteiger partial charge < -0.3 is 9.84 Å². The highest BCUT2D eigenvalue weighted by molar-refractivity contribution is 9.12. The molecule has 6 heteroatoms. The van der Waals surface area contributed by atoms with Gasteiger partial charge in [-0.05, 0) is 22.0 Å². The first-order chi connectivity index (χ1) is 6.51. The number of carbonyl (C=O) groups excluding carboxylic acids is 2. The van der Waals surface area contributed by atoms with Gasteiger partial charge in [0.25, 0.3) is 0 Å². The molecule has 0 rings (SSSR count). The molecule has 0 aromatic rings. The van der Waals surface area contributed by atoms with Crippen LogP contribution in [-0.2, 0) is 19.1 Å². The topological polar surface area (TPSA) is 80.7 Å². The van der Waals surface area contributed by atoms with Crippen LogP contribution in [0.5, 0.6) is 0 Å². The zero-order valence-corrected chi connectivity index (χ0v) is 8.78. The Hall–Kier alpha value is -1.43. The predicted molar refractivity (Wildman–Crippen MR) is 50.8 cm³/mol. The second-order valence-electron chi connectivity index (χ2n) is 2.08. The molecule has 0 aromatic carbocycles. The normalized spacial score (nSPS) is 12.1. The molecule has 0 amide bonds. The average molecular weight is 263 g/mol. The number of methoxy groups -OCH3 is 1. The Morgan fingerprint density at radius 2 is 1.93 bits per heavy atom. The zero-order valence-electron chi connectivity index (χ0n) is 7.19. The van der Waals surface area contributed by atoms with Crippen molar-refractivity contribution in [3.8, 4) is 0 Å². The molecule has 5 nitrogen and oxygen atoms in total. The Morgan fingerprint density at radius 3 is 2.29 bits per heavy atom. The number of carboxylic acid groups (broad SMARTS) is 1. The Morgan fingerprint density at radius 1 is 1.36 bits per heavy atom.